The van der Waals surface area contributed by atoms with Crippen LogP contribution in [0.4, 0.5) is 0 Å². The molecule has 1 aromatic heterocycles. The van der Waals surface area contributed by atoms with Gasteiger partial charge in [-0.1, -0.05) is 12.1 Å². The number of piperazine rings is 1. The number of nitrogens with one attached hydrogen (secondary N) is 1. The molecule has 3 rings (SSSR count). The summed E-state index contributed by atoms with van der Waals surface area (Å²) in [5.41, 5.74) is 4.06. The monoisotopic (exact) mass is 363 g/mol. The lowest BCUT2D eigenvalue weighted by Crippen LogP contribution is -2.46. The Hall–Kier alpha value is -1.07. The molecule has 1 atom stereocenters. The van der Waals surface area contributed by atoms with Crippen LogP contribution in [0.25, 0.3) is 0 Å². The molecule has 5 heteroatoms. The molecule has 1 unspecified atom stereocenters. The van der Waals surface area contributed by atoms with Crippen molar-refractivity contribution in [2.75, 3.05) is 31.9 Å². The number of benzene rings is 1. The molecule has 0 bridgehead atoms. The van der Waals surface area contributed by atoms with Crippen molar-refractivity contribution in [1.29, 1.82) is 0 Å². The second-order valence-corrected chi connectivity index (χ2v) is 7.31. The third-order valence-corrected chi connectivity index (χ3v) is 5.52. The van der Waals surface area contributed by atoms with Crippen molar-refractivity contribution in [2.45, 2.75) is 24.8 Å². The molecule has 1 aliphatic heterocycles. The average Bonchev–Trinajstić information content (AvgIpc) is 2.59. The van der Waals surface area contributed by atoms with Crippen LogP contribution in [0.2, 0.25) is 0 Å². The largest absolute Gasteiger partial charge is 0.314 e. The van der Waals surface area contributed by atoms with E-state index in [4.69, 9.17) is 0 Å². The summed E-state index contributed by atoms with van der Waals surface area (Å²) in [6.07, 6.45) is 3.85. The number of hydrogen-bond donors (Lipinski definition) is 1. The standard InChI is InChI=1S/C19H25N3S.ClH/c1-15-5-6-18(12-16(15)2)23-11-10-22-9-8-21-14-19(22)17-4-3-7-20-13-17;/h3-7,12-13,19,21H,8-11,14H2,1-2H3;1H. The van der Waals surface area contributed by atoms with Crippen molar-refractivity contribution in [1.82, 2.24) is 15.2 Å². The third kappa shape index (κ3) is 4.96. The molecule has 0 saturated carbocycles. The quantitative estimate of drug-likeness (QED) is 0.816. The predicted molar refractivity (Wildman–Crippen MR) is 105 cm³/mol. The smallest absolute Gasteiger partial charge is 0.0488 e. The zero-order valence-electron chi connectivity index (χ0n) is 14.4. The zero-order valence-corrected chi connectivity index (χ0v) is 16.0. The van der Waals surface area contributed by atoms with Gasteiger partial charge in [-0.05, 0) is 48.7 Å². The van der Waals surface area contributed by atoms with Gasteiger partial charge < -0.3 is 5.32 Å². The van der Waals surface area contributed by atoms with Gasteiger partial charge in [0, 0.05) is 55.3 Å². The molecule has 130 valence electrons. The summed E-state index contributed by atoms with van der Waals surface area (Å²) in [5.74, 6) is 1.12. The van der Waals surface area contributed by atoms with E-state index in [1.165, 1.54) is 21.6 Å². The van der Waals surface area contributed by atoms with E-state index in [1.807, 2.05) is 30.2 Å². The Kier molecular flexibility index (Phi) is 7.56. The fourth-order valence-corrected chi connectivity index (χ4v) is 3.99. The number of rotatable bonds is 5. The maximum atomic E-state index is 4.28. The van der Waals surface area contributed by atoms with Gasteiger partial charge in [0.25, 0.3) is 0 Å². The maximum absolute atomic E-state index is 4.28. The van der Waals surface area contributed by atoms with Crippen LogP contribution in [-0.2, 0) is 0 Å². The van der Waals surface area contributed by atoms with Gasteiger partial charge in [0.05, 0.1) is 0 Å². The number of aryl methyl sites for hydroxylation is 2. The lowest BCUT2D eigenvalue weighted by atomic mass is 10.1. The van der Waals surface area contributed by atoms with Gasteiger partial charge in [-0.3, -0.25) is 9.88 Å². The minimum absolute atomic E-state index is 0. The predicted octanol–water partition coefficient (Wildman–Crippen LogP) is 3.86. The Balaban J connectivity index is 0.00000208. The fourth-order valence-electron chi connectivity index (χ4n) is 3.00. The number of aromatic nitrogens is 1. The van der Waals surface area contributed by atoms with Gasteiger partial charge in [0.2, 0.25) is 0 Å². The average molecular weight is 364 g/mol. The van der Waals surface area contributed by atoms with Crippen LogP contribution < -0.4 is 5.32 Å². The van der Waals surface area contributed by atoms with Gasteiger partial charge >= 0.3 is 0 Å². The van der Waals surface area contributed by atoms with E-state index in [2.05, 4.69) is 53.3 Å². The van der Waals surface area contributed by atoms with Crippen LogP contribution >= 0.6 is 24.2 Å². The number of pyridine rings is 1. The molecular weight excluding hydrogens is 338 g/mol. The summed E-state index contributed by atoms with van der Waals surface area (Å²) in [6.45, 7) is 8.66. The molecule has 2 aromatic rings. The highest BCUT2D eigenvalue weighted by atomic mass is 35.5. The molecule has 3 nitrogen and oxygen atoms in total. The van der Waals surface area contributed by atoms with E-state index in [1.54, 1.807) is 0 Å². The first-order valence-electron chi connectivity index (χ1n) is 8.29. The minimum atomic E-state index is 0. The van der Waals surface area contributed by atoms with E-state index in [0.717, 1.165) is 31.9 Å². The Bertz CT molecular complexity index is 636. The van der Waals surface area contributed by atoms with Crippen LogP contribution in [0.5, 0.6) is 0 Å². The molecule has 1 fully saturated rings. The first-order valence-corrected chi connectivity index (χ1v) is 9.27. The fraction of sp³-hybridized carbons (Fsp3) is 0.421. The molecule has 0 spiro atoms. The van der Waals surface area contributed by atoms with Crippen LogP contribution in [0.15, 0.2) is 47.6 Å². The van der Waals surface area contributed by atoms with E-state index < -0.39 is 0 Å². The molecule has 2 heterocycles. The number of thioether (sulfide) groups is 1. The Labute approximate surface area is 155 Å². The molecule has 24 heavy (non-hydrogen) atoms. The normalized spacial score (nSPS) is 18.2. The van der Waals surface area contributed by atoms with Crippen LogP contribution in [-0.4, -0.2) is 41.8 Å². The molecular formula is C19H26ClN3S. The number of halogens is 1. The molecule has 1 N–H and O–H groups in total. The van der Waals surface area contributed by atoms with Gasteiger partial charge in [0.1, 0.15) is 0 Å². The Morgan fingerprint density at radius 1 is 1.25 bits per heavy atom. The van der Waals surface area contributed by atoms with Crippen molar-refractivity contribution < 1.29 is 0 Å². The minimum Gasteiger partial charge on any atom is -0.314 e. The van der Waals surface area contributed by atoms with E-state index >= 15 is 0 Å². The SMILES string of the molecule is Cc1ccc(SCCN2CCNCC2c2cccnc2)cc1C.Cl. The maximum Gasteiger partial charge on any atom is 0.0488 e. The second kappa shape index (κ2) is 9.42. The second-order valence-electron chi connectivity index (χ2n) is 6.14. The van der Waals surface area contributed by atoms with Gasteiger partial charge in [0.15, 0.2) is 0 Å². The highest BCUT2D eigenvalue weighted by Gasteiger charge is 2.23. The Morgan fingerprint density at radius 3 is 2.88 bits per heavy atom. The first kappa shape index (κ1) is 19.3. The van der Waals surface area contributed by atoms with Gasteiger partial charge in [-0.2, -0.15) is 0 Å². The molecule has 1 aliphatic rings. The molecule has 1 aromatic carbocycles. The topological polar surface area (TPSA) is 28.2 Å². The van der Waals surface area contributed by atoms with E-state index in [9.17, 15) is 0 Å². The first-order chi connectivity index (χ1) is 11.2. The number of hydrogen-bond acceptors (Lipinski definition) is 4. The van der Waals surface area contributed by atoms with Crippen LogP contribution in [0, 0.1) is 13.8 Å². The summed E-state index contributed by atoms with van der Waals surface area (Å²) in [7, 11) is 0. The lowest BCUT2D eigenvalue weighted by Gasteiger charge is -2.36. The molecule has 1 saturated heterocycles. The van der Waals surface area contributed by atoms with Crippen molar-refractivity contribution in [2.24, 2.45) is 0 Å². The highest BCUT2D eigenvalue weighted by Crippen LogP contribution is 2.24. The van der Waals surface area contributed by atoms with Crippen molar-refractivity contribution in [3.8, 4) is 0 Å². The summed E-state index contributed by atoms with van der Waals surface area (Å²) >= 11 is 1.96. The molecule has 0 aliphatic carbocycles. The van der Waals surface area contributed by atoms with Gasteiger partial charge in [-0.15, -0.1) is 24.2 Å². The summed E-state index contributed by atoms with van der Waals surface area (Å²) < 4.78 is 0. The van der Waals surface area contributed by atoms with Crippen molar-refractivity contribution in [3.63, 3.8) is 0 Å². The summed E-state index contributed by atoms with van der Waals surface area (Å²) in [5, 5.41) is 3.51. The summed E-state index contributed by atoms with van der Waals surface area (Å²) in [6, 6.07) is 11.4. The van der Waals surface area contributed by atoms with Crippen molar-refractivity contribution in [3.05, 3.63) is 59.4 Å². The van der Waals surface area contributed by atoms with Crippen molar-refractivity contribution >= 4 is 24.2 Å². The highest BCUT2D eigenvalue weighted by molar-refractivity contribution is 7.99. The molecule has 0 amide bonds. The van der Waals surface area contributed by atoms with Crippen LogP contribution in [0.3, 0.4) is 0 Å². The summed E-state index contributed by atoms with van der Waals surface area (Å²) in [4.78, 5) is 8.24. The zero-order chi connectivity index (χ0) is 16.1. The van der Waals surface area contributed by atoms with E-state index in [-0.39, 0.29) is 12.4 Å². The third-order valence-electron chi connectivity index (χ3n) is 4.55. The lowest BCUT2D eigenvalue weighted by molar-refractivity contribution is 0.172. The molecule has 0 radical (unpaired) electrons. The van der Waals surface area contributed by atoms with Gasteiger partial charge in [-0.25, -0.2) is 0 Å². The Morgan fingerprint density at radius 2 is 2.12 bits per heavy atom. The number of nitrogens with zero attached hydrogens (tertiary/aromatic N) is 2. The van der Waals surface area contributed by atoms with Crippen LogP contribution in [0.1, 0.15) is 22.7 Å². The van der Waals surface area contributed by atoms with E-state index in [0.29, 0.717) is 6.04 Å².